The molecule has 0 saturated carbocycles. The second-order valence-corrected chi connectivity index (χ2v) is 3.83. The molecule has 0 aromatic carbocycles. The Morgan fingerprint density at radius 3 is 2.46 bits per heavy atom. The van der Waals surface area contributed by atoms with Gasteiger partial charge in [0.05, 0.1) is 12.2 Å². The lowest BCUT2D eigenvalue weighted by Crippen LogP contribution is -2.27. The normalized spacial score (nSPS) is 16.3. The minimum atomic E-state index is -0.943. The fraction of sp³-hybridized carbons (Fsp3) is 0.818. The largest absolute Gasteiger partial charge is 0.393 e. The van der Waals surface area contributed by atoms with E-state index in [9.17, 15) is 5.11 Å². The van der Waals surface area contributed by atoms with Crippen molar-refractivity contribution < 1.29 is 10.2 Å². The summed E-state index contributed by atoms with van der Waals surface area (Å²) in [6.07, 6.45) is 9.37. The Labute approximate surface area is 81.3 Å². The van der Waals surface area contributed by atoms with Gasteiger partial charge >= 0.3 is 0 Å². The third kappa shape index (κ3) is 8.00. The van der Waals surface area contributed by atoms with Crippen molar-refractivity contribution in [3.63, 3.8) is 0 Å². The van der Waals surface area contributed by atoms with E-state index in [0.717, 1.165) is 6.42 Å². The molecule has 0 aliphatic carbocycles. The Morgan fingerprint density at radius 2 is 1.92 bits per heavy atom. The third-order valence-corrected chi connectivity index (χ3v) is 2.04. The molecule has 0 fully saturated rings. The number of allylic oxidation sites excluding steroid dienone is 1. The lowest BCUT2D eigenvalue weighted by atomic mass is 10.0. The summed E-state index contributed by atoms with van der Waals surface area (Å²) < 4.78 is 0. The molecule has 0 saturated heterocycles. The van der Waals surface area contributed by atoms with Crippen molar-refractivity contribution in [2.45, 2.75) is 51.6 Å². The number of hydrogen-bond donors (Lipinski definition) is 2. The molecule has 13 heavy (non-hydrogen) atoms. The molecule has 2 nitrogen and oxygen atoms in total. The number of aliphatic hydroxyl groups is 2. The Morgan fingerprint density at radius 1 is 1.23 bits per heavy atom. The zero-order valence-corrected chi connectivity index (χ0v) is 8.79. The van der Waals surface area contributed by atoms with Crippen LogP contribution in [-0.2, 0) is 0 Å². The van der Waals surface area contributed by atoms with Gasteiger partial charge in [-0.05, 0) is 26.2 Å². The Bertz CT molecular complexity index is 139. The molecule has 2 heteroatoms. The van der Waals surface area contributed by atoms with Crippen LogP contribution in [-0.4, -0.2) is 22.4 Å². The van der Waals surface area contributed by atoms with Crippen molar-refractivity contribution >= 4 is 0 Å². The quantitative estimate of drug-likeness (QED) is 0.473. The van der Waals surface area contributed by atoms with Crippen LogP contribution in [0.5, 0.6) is 0 Å². The summed E-state index contributed by atoms with van der Waals surface area (Å²) in [5, 5.41) is 18.2. The maximum absolute atomic E-state index is 9.42. The smallest absolute Gasteiger partial charge is 0.0883 e. The second-order valence-electron chi connectivity index (χ2n) is 3.83. The first-order chi connectivity index (χ1) is 6.12. The highest BCUT2D eigenvalue weighted by molar-refractivity contribution is 4.88. The van der Waals surface area contributed by atoms with E-state index in [1.165, 1.54) is 19.3 Å². The van der Waals surface area contributed by atoms with Crippen LogP contribution in [0.3, 0.4) is 0 Å². The van der Waals surface area contributed by atoms with Gasteiger partial charge in [-0.2, -0.15) is 0 Å². The van der Waals surface area contributed by atoms with Crippen molar-refractivity contribution in [3.8, 4) is 0 Å². The molecule has 0 rings (SSSR count). The summed E-state index contributed by atoms with van der Waals surface area (Å²) in [5.41, 5.74) is -0.943. The van der Waals surface area contributed by atoms with Crippen molar-refractivity contribution in [3.05, 3.63) is 12.2 Å². The second kappa shape index (κ2) is 7.10. The van der Waals surface area contributed by atoms with E-state index in [1.54, 1.807) is 6.92 Å². The Balaban J connectivity index is 3.40. The molecule has 0 aromatic rings. The standard InChI is InChI=1S/C11H22O2/c1-3-4-5-6-7-8-9-11(2,13)10-12/h7-8,12-13H,3-6,9-10H2,1-2H3/b8-7-/t11-/m0/s1. The van der Waals surface area contributed by atoms with E-state index in [1.807, 2.05) is 6.08 Å². The lowest BCUT2D eigenvalue weighted by molar-refractivity contribution is 0.00447. The van der Waals surface area contributed by atoms with Gasteiger partial charge in [-0.15, -0.1) is 0 Å². The fourth-order valence-electron chi connectivity index (χ4n) is 1.03. The third-order valence-electron chi connectivity index (χ3n) is 2.04. The van der Waals surface area contributed by atoms with E-state index in [2.05, 4.69) is 13.0 Å². The summed E-state index contributed by atoms with van der Waals surface area (Å²) in [5.74, 6) is 0. The molecule has 0 unspecified atom stereocenters. The van der Waals surface area contributed by atoms with E-state index in [-0.39, 0.29) is 6.61 Å². The summed E-state index contributed by atoms with van der Waals surface area (Å²) >= 11 is 0. The van der Waals surface area contributed by atoms with E-state index >= 15 is 0 Å². The predicted octanol–water partition coefficient (Wildman–Crippen LogP) is 2.26. The average Bonchev–Trinajstić information content (AvgIpc) is 2.11. The molecule has 0 aromatic heterocycles. The van der Waals surface area contributed by atoms with Gasteiger partial charge in [-0.1, -0.05) is 31.9 Å². The number of rotatable bonds is 7. The van der Waals surface area contributed by atoms with Crippen molar-refractivity contribution in [1.29, 1.82) is 0 Å². The van der Waals surface area contributed by atoms with Crippen LogP contribution in [0.25, 0.3) is 0 Å². The summed E-state index contributed by atoms with van der Waals surface area (Å²) in [4.78, 5) is 0. The minimum absolute atomic E-state index is 0.174. The zero-order valence-electron chi connectivity index (χ0n) is 8.79. The van der Waals surface area contributed by atoms with Gasteiger partial charge in [0.1, 0.15) is 0 Å². The molecular formula is C11H22O2. The van der Waals surface area contributed by atoms with E-state index in [4.69, 9.17) is 5.11 Å². The molecule has 0 spiro atoms. The minimum Gasteiger partial charge on any atom is -0.393 e. The van der Waals surface area contributed by atoms with Crippen LogP contribution in [0.4, 0.5) is 0 Å². The summed E-state index contributed by atoms with van der Waals surface area (Å²) in [6.45, 7) is 3.65. The van der Waals surface area contributed by atoms with Gasteiger partial charge < -0.3 is 10.2 Å². The zero-order chi connectivity index (χ0) is 10.2. The molecule has 1 atom stereocenters. The number of aliphatic hydroxyl groups excluding tert-OH is 1. The Kier molecular flexibility index (Phi) is 6.92. The molecular weight excluding hydrogens is 164 g/mol. The van der Waals surface area contributed by atoms with Crippen LogP contribution in [0, 0.1) is 0 Å². The van der Waals surface area contributed by atoms with Gasteiger partial charge in [-0.25, -0.2) is 0 Å². The average molecular weight is 186 g/mol. The van der Waals surface area contributed by atoms with Gasteiger partial charge in [0.25, 0.3) is 0 Å². The van der Waals surface area contributed by atoms with Crippen molar-refractivity contribution in [1.82, 2.24) is 0 Å². The number of hydrogen-bond acceptors (Lipinski definition) is 2. The molecule has 2 N–H and O–H groups in total. The van der Waals surface area contributed by atoms with Gasteiger partial charge in [0.2, 0.25) is 0 Å². The molecule has 0 aliphatic rings. The molecule has 0 aliphatic heterocycles. The monoisotopic (exact) mass is 186 g/mol. The van der Waals surface area contributed by atoms with Crippen molar-refractivity contribution in [2.75, 3.05) is 6.61 Å². The predicted molar refractivity (Wildman–Crippen MR) is 55.6 cm³/mol. The lowest BCUT2D eigenvalue weighted by Gasteiger charge is -2.17. The van der Waals surface area contributed by atoms with E-state index in [0.29, 0.717) is 6.42 Å². The fourth-order valence-corrected chi connectivity index (χ4v) is 1.03. The highest BCUT2D eigenvalue weighted by Crippen LogP contribution is 2.09. The van der Waals surface area contributed by atoms with Gasteiger partial charge in [0, 0.05) is 0 Å². The molecule has 0 heterocycles. The number of unbranched alkanes of at least 4 members (excludes halogenated alkanes) is 3. The van der Waals surface area contributed by atoms with E-state index < -0.39 is 5.60 Å². The maximum Gasteiger partial charge on any atom is 0.0883 e. The van der Waals surface area contributed by atoms with Crippen LogP contribution >= 0.6 is 0 Å². The molecule has 0 bridgehead atoms. The first-order valence-electron chi connectivity index (χ1n) is 5.10. The van der Waals surface area contributed by atoms with Crippen molar-refractivity contribution in [2.24, 2.45) is 0 Å². The molecule has 0 radical (unpaired) electrons. The highest BCUT2D eigenvalue weighted by Gasteiger charge is 2.15. The first-order valence-corrected chi connectivity index (χ1v) is 5.10. The highest BCUT2D eigenvalue weighted by atomic mass is 16.3. The van der Waals surface area contributed by atoms with Crippen LogP contribution < -0.4 is 0 Å². The molecule has 78 valence electrons. The van der Waals surface area contributed by atoms with Crippen LogP contribution in [0.2, 0.25) is 0 Å². The molecule has 0 amide bonds. The van der Waals surface area contributed by atoms with Crippen LogP contribution in [0.1, 0.15) is 46.0 Å². The Hall–Kier alpha value is -0.340. The summed E-state index contributed by atoms with van der Waals surface area (Å²) in [7, 11) is 0. The van der Waals surface area contributed by atoms with Gasteiger partial charge in [0.15, 0.2) is 0 Å². The SMILES string of the molecule is CCCCC/C=C\C[C@](C)(O)CO. The first kappa shape index (κ1) is 12.7. The topological polar surface area (TPSA) is 40.5 Å². The van der Waals surface area contributed by atoms with Crippen LogP contribution in [0.15, 0.2) is 12.2 Å². The summed E-state index contributed by atoms with van der Waals surface area (Å²) in [6, 6.07) is 0. The van der Waals surface area contributed by atoms with Gasteiger partial charge in [-0.3, -0.25) is 0 Å². The maximum atomic E-state index is 9.42.